The van der Waals surface area contributed by atoms with Crippen molar-refractivity contribution in [1.82, 2.24) is 19.6 Å². The van der Waals surface area contributed by atoms with Crippen LogP contribution >= 0.6 is 23.2 Å². The number of anilines is 1. The first-order valence-corrected chi connectivity index (χ1v) is 8.72. The molecule has 0 radical (unpaired) electrons. The van der Waals surface area contributed by atoms with Crippen LogP contribution in [0.15, 0.2) is 42.7 Å². The summed E-state index contributed by atoms with van der Waals surface area (Å²) in [5.41, 5.74) is 0.232. The molecule has 0 spiro atoms. The van der Waals surface area contributed by atoms with Crippen LogP contribution in [0.2, 0.25) is 10.2 Å². The van der Waals surface area contributed by atoms with Gasteiger partial charge in [0.1, 0.15) is 34.7 Å². The largest absolute Gasteiger partial charge is 0.365 e. The summed E-state index contributed by atoms with van der Waals surface area (Å²) in [7, 11) is 0. The number of nitrogens with zero attached hydrogens (tertiary/aromatic N) is 4. The van der Waals surface area contributed by atoms with Gasteiger partial charge in [-0.05, 0) is 17.7 Å². The number of aromatic nitrogens is 4. The Morgan fingerprint density at radius 2 is 1.64 bits per heavy atom. The molecule has 2 heterocycles. The molecule has 0 saturated heterocycles. The highest BCUT2D eigenvalue weighted by molar-refractivity contribution is 6.33. The van der Waals surface area contributed by atoms with E-state index in [1.165, 1.54) is 10.8 Å². The summed E-state index contributed by atoms with van der Waals surface area (Å²) in [5, 5.41) is 7.45. The Morgan fingerprint density at radius 3 is 2.32 bits per heavy atom. The zero-order valence-corrected chi connectivity index (χ0v) is 15.4. The van der Waals surface area contributed by atoms with E-state index >= 15 is 0 Å². The second-order valence-corrected chi connectivity index (χ2v) is 6.62. The Kier molecular flexibility index (Phi) is 4.82. The molecule has 0 amide bonds. The quantitative estimate of drug-likeness (QED) is 0.462. The second kappa shape index (κ2) is 7.29. The number of hydrogen-bond donors (Lipinski definition) is 1. The summed E-state index contributed by atoms with van der Waals surface area (Å²) in [6, 6.07) is 8.14. The Hall–Kier alpha value is -2.84. The van der Waals surface area contributed by atoms with Gasteiger partial charge < -0.3 is 5.32 Å². The maximum Gasteiger partial charge on any atom is 0.255 e. The molecule has 0 aliphatic carbocycles. The van der Waals surface area contributed by atoms with E-state index in [2.05, 4.69) is 20.4 Å². The third-order valence-electron chi connectivity index (χ3n) is 4.01. The van der Waals surface area contributed by atoms with Gasteiger partial charge in [0.15, 0.2) is 0 Å². The van der Waals surface area contributed by atoms with Crippen LogP contribution in [0.3, 0.4) is 0 Å². The lowest BCUT2D eigenvalue weighted by Crippen LogP contribution is -2.10. The number of nitrogens with one attached hydrogen (secondary N) is 1. The summed E-state index contributed by atoms with van der Waals surface area (Å²) in [4.78, 5) is 7.97. The SMILES string of the molecule is Fc1cc(F)c(-c2c(Cl)nc3ncnn3c2NCc2ccc(Cl)cc2)c(F)c1. The van der Waals surface area contributed by atoms with Crippen molar-refractivity contribution < 1.29 is 13.2 Å². The fourth-order valence-corrected chi connectivity index (χ4v) is 3.16. The second-order valence-electron chi connectivity index (χ2n) is 5.82. The predicted octanol–water partition coefficient (Wildman–Crippen LogP) is 5.13. The molecular weight excluding hydrogens is 414 g/mol. The highest BCUT2D eigenvalue weighted by Gasteiger charge is 2.24. The van der Waals surface area contributed by atoms with Crippen LogP contribution in [-0.2, 0) is 6.54 Å². The average molecular weight is 424 g/mol. The maximum atomic E-state index is 14.4. The molecule has 0 unspecified atom stereocenters. The van der Waals surface area contributed by atoms with Gasteiger partial charge in [-0.25, -0.2) is 13.2 Å². The Balaban J connectivity index is 1.88. The lowest BCUT2D eigenvalue weighted by atomic mass is 10.1. The third kappa shape index (κ3) is 3.36. The highest BCUT2D eigenvalue weighted by atomic mass is 35.5. The first kappa shape index (κ1) is 18.5. The van der Waals surface area contributed by atoms with Crippen molar-refractivity contribution >= 4 is 34.8 Å². The standard InChI is InChI=1S/C18H10Cl2F3N5/c19-10-3-1-9(2-4-10)7-24-17-15(14-12(22)5-11(21)6-13(14)23)16(20)27-18-25-8-26-28(17)18/h1-6,8,24H,7H2. The van der Waals surface area contributed by atoms with Crippen LogP contribution in [0.5, 0.6) is 0 Å². The van der Waals surface area contributed by atoms with Gasteiger partial charge in [0.05, 0.1) is 11.1 Å². The summed E-state index contributed by atoms with van der Waals surface area (Å²) >= 11 is 12.1. The van der Waals surface area contributed by atoms with Crippen molar-refractivity contribution in [2.24, 2.45) is 0 Å². The monoisotopic (exact) mass is 423 g/mol. The van der Waals surface area contributed by atoms with Crippen molar-refractivity contribution in [3.05, 3.63) is 75.9 Å². The molecular formula is C18H10Cl2F3N5. The topological polar surface area (TPSA) is 55.1 Å². The zero-order chi connectivity index (χ0) is 19.8. The Morgan fingerprint density at radius 1 is 0.964 bits per heavy atom. The van der Waals surface area contributed by atoms with E-state index in [9.17, 15) is 13.2 Å². The summed E-state index contributed by atoms with van der Waals surface area (Å²) in [6.07, 6.45) is 1.23. The minimum absolute atomic E-state index is 0.0939. The van der Waals surface area contributed by atoms with E-state index in [1.807, 2.05) is 0 Å². The van der Waals surface area contributed by atoms with E-state index < -0.39 is 23.0 Å². The molecule has 142 valence electrons. The van der Waals surface area contributed by atoms with Crippen LogP contribution in [-0.4, -0.2) is 19.6 Å². The van der Waals surface area contributed by atoms with Gasteiger partial charge in [0.25, 0.3) is 5.78 Å². The smallest absolute Gasteiger partial charge is 0.255 e. The summed E-state index contributed by atoms with van der Waals surface area (Å²) < 4.78 is 43.5. The fourth-order valence-electron chi connectivity index (χ4n) is 2.77. The molecule has 0 bridgehead atoms. The van der Waals surface area contributed by atoms with E-state index in [1.54, 1.807) is 24.3 Å². The van der Waals surface area contributed by atoms with Gasteiger partial charge in [-0.15, -0.1) is 0 Å². The number of fused-ring (bicyclic) bond motifs is 1. The van der Waals surface area contributed by atoms with E-state index in [0.29, 0.717) is 17.2 Å². The van der Waals surface area contributed by atoms with Gasteiger partial charge in [-0.3, -0.25) is 0 Å². The molecule has 0 saturated carbocycles. The van der Waals surface area contributed by atoms with E-state index in [4.69, 9.17) is 23.2 Å². The molecule has 28 heavy (non-hydrogen) atoms. The van der Waals surface area contributed by atoms with Crippen molar-refractivity contribution in [2.75, 3.05) is 5.32 Å². The molecule has 2 aromatic carbocycles. The Bertz CT molecular complexity index is 1160. The summed E-state index contributed by atoms with van der Waals surface area (Å²) in [5.74, 6) is -2.98. The van der Waals surface area contributed by atoms with Gasteiger partial charge in [-0.1, -0.05) is 35.3 Å². The van der Waals surface area contributed by atoms with Crippen molar-refractivity contribution in [3.63, 3.8) is 0 Å². The van der Waals surface area contributed by atoms with Crippen molar-refractivity contribution in [1.29, 1.82) is 0 Å². The number of benzene rings is 2. The highest BCUT2D eigenvalue weighted by Crippen LogP contribution is 2.37. The lowest BCUT2D eigenvalue weighted by molar-refractivity contribution is 0.548. The van der Waals surface area contributed by atoms with Crippen LogP contribution in [0, 0.1) is 17.5 Å². The molecule has 0 aliphatic rings. The van der Waals surface area contributed by atoms with Gasteiger partial charge in [-0.2, -0.15) is 19.6 Å². The maximum absolute atomic E-state index is 14.4. The minimum atomic E-state index is -1.12. The Labute approximate surface area is 166 Å². The zero-order valence-electron chi connectivity index (χ0n) is 13.9. The molecule has 0 atom stereocenters. The molecule has 5 nitrogen and oxygen atoms in total. The number of hydrogen-bond acceptors (Lipinski definition) is 4. The molecule has 1 N–H and O–H groups in total. The molecule has 4 rings (SSSR count). The minimum Gasteiger partial charge on any atom is -0.365 e. The van der Waals surface area contributed by atoms with Crippen LogP contribution in [0.1, 0.15) is 5.56 Å². The molecule has 0 aliphatic heterocycles. The van der Waals surface area contributed by atoms with Crippen molar-refractivity contribution in [3.8, 4) is 11.1 Å². The first-order valence-electron chi connectivity index (χ1n) is 7.96. The van der Waals surface area contributed by atoms with Crippen LogP contribution in [0.4, 0.5) is 19.0 Å². The van der Waals surface area contributed by atoms with Crippen LogP contribution < -0.4 is 5.32 Å². The number of rotatable bonds is 4. The average Bonchev–Trinajstić information content (AvgIpc) is 3.09. The summed E-state index contributed by atoms with van der Waals surface area (Å²) in [6.45, 7) is 0.268. The van der Waals surface area contributed by atoms with Crippen LogP contribution in [0.25, 0.3) is 16.9 Å². The molecule has 0 fully saturated rings. The van der Waals surface area contributed by atoms with E-state index in [-0.39, 0.29) is 28.9 Å². The molecule has 4 aromatic rings. The number of halogens is 5. The normalized spacial score (nSPS) is 11.2. The van der Waals surface area contributed by atoms with Gasteiger partial charge in [0.2, 0.25) is 0 Å². The van der Waals surface area contributed by atoms with Gasteiger partial charge >= 0.3 is 0 Å². The third-order valence-corrected chi connectivity index (χ3v) is 4.54. The fraction of sp³-hybridized carbons (Fsp3) is 0.0556. The van der Waals surface area contributed by atoms with Gasteiger partial charge in [0, 0.05) is 23.7 Å². The predicted molar refractivity (Wildman–Crippen MR) is 99.9 cm³/mol. The first-order chi connectivity index (χ1) is 13.4. The van der Waals surface area contributed by atoms with Crippen molar-refractivity contribution in [2.45, 2.75) is 6.54 Å². The molecule has 2 aromatic heterocycles. The lowest BCUT2D eigenvalue weighted by Gasteiger charge is -2.16. The van der Waals surface area contributed by atoms with E-state index in [0.717, 1.165) is 5.56 Å². The molecule has 10 heteroatoms.